The van der Waals surface area contributed by atoms with Gasteiger partial charge in [-0.1, -0.05) is 36.4 Å². The van der Waals surface area contributed by atoms with Gasteiger partial charge in [0.2, 0.25) is 0 Å². The molecule has 0 radical (unpaired) electrons. The third-order valence-electron chi connectivity index (χ3n) is 2.86. The Morgan fingerprint density at radius 2 is 2.00 bits per heavy atom. The van der Waals surface area contributed by atoms with Gasteiger partial charge in [-0.25, -0.2) is 9.78 Å². The highest BCUT2D eigenvalue weighted by Gasteiger charge is 2.06. The van der Waals surface area contributed by atoms with Crippen molar-refractivity contribution in [3.63, 3.8) is 0 Å². The van der Waals surface area contributed by atoms with Gasteiger partial charge in [0.1, 0.15) is 11.6 Å². The molecule has 0 spiro atoms. The molecule has 2 aromatic heterocycles. The van der Waals surface area contributed by atoms with Gasteiger partial charge in [-0.3, -0.25) is 0 Å². The van der Waals surface area contributed by atoms with Gasteiger partial charge < -0.3 is 4.74 Å². The van der Waals surface area contributed by atoms with E-state index in [1.54, 1.807) is 28.7 Å². The first-order valence-electron chi connectivity index (χ1n) is 6.69. The van der Waals surface area contributed by atoms with E-state index >= 15 is 0 Å². The molecule has 0 unspecified atom stereocenters. The summed E-state index contributed by atoms with van der Waals surface area (Å²) < 4.78 is 5.20. The van der Waals surface area contributed by atoms with E-state index in [9.17, 15) is 4.79 Å². The van der Waals surface area contributed by atoms with Crippen LogP contribution in [0.3, 0.4) is 0 Å². The maximum absolute atomic E-state index is 11.7. The molecule has 0 aliphatic heterocycles. The van der Waals surface area contributed by atoms with Gasteiger partial charge in [0.15, 0.2) is 0 Å². The number of carbonyl (C=O) groups excluding carboxylic acids is 1. The van der Waals surface area contributed by atoms with Crippen LogP contribution in [0.25, 0.3) is 16.6 Å². The fourth-order valence-electron chi connectivity index (χ4n) is 1.82. The zero-order chi connectivity index (χ0) is 15.2. The summed E-state index contributed by atoms with van der Waals surface area (Å²) in [7, 11) is 0. The lowest BCUT2D eigenvalue weighted by atomic mass is 10.2. The van der Waals surface area contributed by atoms with Crippen molar-refractivity contribution in [3.8, 4) is 10.6 Å². The minimum absolute atomic E-state index is 0.191. The number of esters is 1. The molecule has 0 atom stereocenters. The van der Waals surface area contributed by atoms with Crippen LogP contribution in [0.1, 0.15) is 10.6 Å². The summed E-state index contributed by atoms with van der Waals surface area (Å²) in [4.78, 5) is 17.2. The van der Waals surface area contributed by atoms with E-state index in [4.69, 9.17) is 4.74 Å². The van der Waals surface area contributed by atoms with Crippen LogP contribution in [0.2, 0.25) is 0 Å². The molecule has 22 heavy (non-hydrogen) atoms. The number of thiophene rings is 1. The summed E-state index contributed by atoms with van der Waals surface area (Å²) in [6.45, 7) is 0.191. The van der Waals surface area contributed by atoms with Crippen LogP contribution < -0.4 is 0 Å². The molecule has 2 heterocycles. The van der Waals surface area contributed by atoms with Gasteiger partial charge in [-0.2, -0.15) is 0 Å². The fraction of sp³-hybridized carbons (Fsp3) is 0.0588. The summed E-state index contributed by atoms with van der Waals surface area (Å²) in [5.41, 5.74) is 1.84. The van der Waals surface area contributed by atoms with Crippen LogP contribution in [-0.4, -0.2) is 11.0 Å². The van der Waals surface area contributed by atoms with E-state index in [0.717, 1.165) is 21.1 Å². The Kier molecular flexibility index (Phi) is 4.78. The van der Waals surface area contributed by atoms with E-state index < -0.39 is 0 Å². The molecule has 0 fully saturated rings. The van der Waals surface area contributed by atoms with E-state index in [-0.39, 0.29) is 12.6 Å². The number of benzene rings is 1. The normalized spacial score (nSPS) is 10.9. The molecule has 0 saturated heterocycles. The van der Waals surface area contributed by atoms with Crippen LogP contribution >= 0.6 is 22.7 Å². The monoisotopic (exact) mass is 327 g/mol. The number of carbonyl (C=O) groups is 1. The van der Waals surface area contributed by atoms with Gasteiger partial charge in [0.05, 0.1) is 5.69 Å². The third-order valence-corrected chi connectivity index (χ3v) is 4.64. The van der Waals surface area contributed by atoms with Crippen LogP contribution in [0, 0.1) is 0 Å². The standard InChI is InChI=1S/C17H13NO2S2/c19-16(9-8-15-7-4-10-21-15)20-11-14-12-22-17(18-14)13-5-2-1-3-6-13/h1-10,12H,11H2/b9-8+. The van der Waals surface area contributed by atoms with Crippen LogP contribution in [0.4, 0.5) is 0 Å². The summed E-state index contributed by atoms with van der Waals surface area (Å²) in [5.74, 6) is -0.359. The van der Waals surface area contributed by atoms with Crippen LogP contribution in [0.5, 0.6) is 0 Å². The molecule has 0 N–H and O–H groups in total. The van der Waals surface area contributed by atoms with Gasteiger partial charge in [0.25, 0.3) is 0 Å². The van der Waals surface area contributed by atoms with Crippen molar-refractivity contribution in [3.05, 3.63) is 69.9 Å². The van der Waals surface area contributed by atoms with Crippen molar-refractivity contribution in [1.29, 1.82) is 0 Å². The van der Waals surface area contributed by atoms with Crippen LogP contribution in [0.15, 0.2) is 59.3 Å². The number of ether oxygens (including phenoxy) is 1. The zero-order valence-corrected chi connectivity index (χ0v) is 13.3. The Bertz CT molecular complexity index is 761. The Labute approximate surface area is 136 Å². The Morgan fingerprint density at radius 3 is 2.77 bits per heavy atom. The van der Waals surface area contributed by atoms with Gasteiger partial charge >= 0.3 is 5.97 Å². The third kappa shape index (κ3) is 3.90. The summed E-state index contributed by atoms with van der Waals surface area (Å²) in [5, 5.41) is 4.81. The first kappa shape index (κ1) is 14.7. The number of aromatic nitrogens is 1. The second kappa shape index (κ2) is 7.15. The molecular weight excluding hydrogens is 314 g/mol. The van der Waals surface area contributed by atoms with Gasteiger partial charge in [-0.05, 0) is 17.5 Å². The maximum atomic E-state index is 11.7. The number of rotatable bonds is 5. The molecule has 0 bridgehead atoms. The quantitative estimate of drug-likeness (QED) is 0.507. The molecular formula is C17H13NO2S2. The predicted molar refractivity (Wildman–Crippen MR) is 90.7 cm³/mol. The van der Waals surface area contributed by atoms with Crippen molar-refractivity contribution in [1.82, 2.24) is 4.98 Å². The zero-order valence-electron chi connectivity index (χ0n) is 11.6. The molecule has 1 aromatic carbocycles. The van der Waals surface area contributed by atoms with Crippen molar-refractivity contribution in [2.45, 2.75) is 6.61 Å². The molecule has 5 heteroatoms. The average molecular weight is 327 g/mol. The van der Waals surface area contributed by atoms with Crippen molar-refractivity contribution in [2.75, 3.05) is 0 Å². The Balaban J connectivity index is 1.56. The average Bonchev–Trinajstić information content (AvgIpc) is 3.23. The lowest BCUT2D eigenvalue weighted by Gasteiger charge is -1.98. The summed E-state index contributed by atoms with van der Waals surface area (Å²) >= 11 is 3.12. The molecule has 0 amide bonds. The maximum Gasteiger partial charge on any atom is 0.331 e. The lowest BCUT2D eigenvalue weighted by molar-refractivity contribution is -0.139. The first-order valence-corrected chi connectivity index (χ1v) is 8.45. The molecule has 0 aliphatic carbocycles. The number of hydrogen-bond donors (Lipinski definition) is 0. The number of nitrogens with zero attached hydrogens (tertiary/aromatic N) is 1. The SMILES string of the molecule is O=C(/C=C/c1cccs1)OCc1csc(-c2ccccc2)n1. The summed E-state index contributed by atoms with van der Waals surface area (Å²) in [6, 6.07) is 13.8. The fourth-order valence-corrected chi connectivity index (χ4v) is 3.24. The van der Waals surface area contributed by atoms with Crippen molar-refractivity contribution in [2.24, 2.45) is 0 Å². The van der Waals surface area contributed by atoms with E-state index in [0.29, 0.717) is 0 Å². The second-order valence-corrected chi connectivity index (χ2v) is 6.30. The highest BCUT2D eigenvalue weighted by atomic mass is 32.1. The van der Waals surface area contributed by atoms with Crippen LogP contribution in [-0.2, 0) is 16.1 Å². The smallest absolute Gasteiger partial charge is 0.331 e. The topological polar surface area (TPSA) is 39.2 Å². The predicted octanol–water partition coefficient (Wildman–Crippen LogP) is 4.63. The Morgan fingerprint density at radius 1 is 1.14 bits per heavy atom. The van der Waals surface area contributed by atoms with E-state index in [1.807, 2.05) is 53.2 Å². The molecule has 3 aromatic rings. The molecule has 0 saturated carbocycles. The van der Waals surface area contributed by atoms with Crippen molar-refractivity contribution >= 4 is 34.7 Å². The largest absolute Gasteiger partial charge is 0.456 e. The van der Waals surface area contributed by atoms with E-state index in [1.165, 1.54) is 6.08 Å². The number of hydrogen-bond acceptors (Lipinski definition) is 5. The highest BCUT2D eigenvalue weighted by Crippen LogP contribution is 2.23. The molecule has 0 aliphatic rings. The molecule has 110 valence electrons. The Hall–Kier alpha value is -2.24. The lowest BCUT2D eigenvalue weighted by Crippen LogP contribution is -2.00. The number of thiazole rings is 1. The molecule has 3 rings (SSSR count). The van der Waals surface area contributed by atoms with E-state index in [2.05, 4.69) is 4.98 Å². The van der Waals surface area contributed by atoms with Crippen molar-refractivity contribution < 1.29 is 9.53 Å². The second-order valence-electron chi connectivity index (χ2n) is 4.47. The first-order chi connectivity index (χ1) is 10.8. The minimum atomic E-state index is -0.359. The van der Waals surface area contributed by atoms with Gasteiger partial charge in [0, 0.05) is 21.9 Å². The highest BCUT2D eigenvalue weighted by molar-refractivity contribution is 7.13. The summed E-state index contributed by atoms with van der Waals surface area (Å²) in [6.07, 6.45) is 3.19. The minimum Gasteiger partial charge on any atom is -0.456 e. The van der Waals surface area contributed by atoms with Gasteiger partial charge in [-0.15, -0.1) is 22.7 Å². The molecule has 3 nitrogen and oxygen atoms in total.